The first kappa shape index (κ1) is 29.6. The van der Waals surface area contributed by atoms with Crippen molar-refractivity contribution in [3.63, 3.8) is 0 Å². The monoisotopic (exact) mass is 561 g/mol. The molecule has 2 N–H and O–H groups in total. The number of ether oxygens (including phenoxy) is 2. The second-order valence-electron chi connectivity index (χ2n) is 14.8. The number of amides is 3. The van der Waals surface area contributed by atoms with Crippen LogP contribution in [0, 0.1) is 29.1 Å². The minimum atomic E-state index is -1.38. The number of carbonyl (C=O) groups is 3. The third-order valence-electron chi connectivity index (χ3n) is 10.1. The molecule has 3 amide bonds. The Kier molecular flexibility index (Phi) is 7.53. The predicted molar refractivity (Wildman–Crippen MR) is 149 cm³/mol. The SMILES string of the molecule is CC(C)C[C@H](NC(=O)C1(NC(=O)OC(C)(C)C)C[C@@H]1C(=O)N1CCOCC1)B1O[C@@H]2C[C@@H]3C[C@@H](C3(C)C)[C@]2(C)O1. The van der Waals surface area contributed by atoms with Crippen LogP contribution < -0.4 is 10.6 Å². The van der Waals surface area contributed by atoms with Gasteiger partial charge in [-0.05, 0) is 76.5 Å². The van der Waals surface area contributed by atoms with E-state index in [4.69, 9.17) is 18.8 Å². The van der Waals surface area contributed by atoms with Gasteiger partial charge in [0.25, 0.3) is 0 Å². The second-order valence-corrected chi connectivity index (χ2v) is 14.8. The summed E-state index contributed by atoms with van der Waals surface area (Å²) >= 11 is 0. The molecule has 0 radical (unpaired) electrons. The predicted octanol–water partition coefficient (Wildman–Crippen LogP) is 2.93. The molecule has 7 atom stereocenters. The lowest BCUT2D eigenvalue weighted by molar-refractivity contribution is -0.199. The summed E-state index contributed by atoms with van der Waals surface area (Å²) in [5.41, 5.74) is -2.31. The third-order valence-corrected chi connectivity index (χ3v) is 10.1. The van der Waals surface area contributed by atoms with Crippen molar-refractivity contribution in [1.29, 1.82) is 0 Å². The normalized spacial score (nSPS) is 36.8. The molecular weight excluding hydrogens is 513 g/mol. The number of nitrogens with zero attached hydrogens (tertiary/aromatic N) is 1. The van der Waals surface area contributed by atoms with E-state index in [0.29, 0.717) is 44.6 Å². The largest absolute Gasteiger partial charge is 0.481 e. The van der Waals surface area contributed by atoms with E-state index in [-0.39, 0.29) is 29.8 Å². The summed E-state index contributed by atoms with van der Waals surface area (Å²) in [6.07, 6.45) is 2.24. The standard InChI is InChI=1S/C29H48BN3O7/c1-17(2)13-22(30-39-21-15-18-14-20(27(18,6)7)28(21,8)40-30)31-24(35)29(32-25(36)38-26(3,4)5)16-19(29)23(34)33-9-11-37-12-10-33/h17-22H,9-16H2,1-8H3,(H,31,35)(H,32,36)/t18-,19+,20-,21+,22-,28-,29?/m0/s1. The first-order valence-electron chi connectivity index (χ1n) is 15.1. The van der Waals surface area contributed by atoms with Crippen molar-refractivity contribution in [2.24, 2.45) is 29.1 Å². The molecule has 0 aromatic heterocycles. The summed E-state index contributed by atoms with van der Waals surface area (Å²) in [6, 6.07) is 0. The van der Waals surface area contributed by atoms with Gasteiger partial charge in [-0.3, -0.25) is 9.59 Å². The molecule has 0 aromatic rings. The number of rotatable bonds is 7. The topological polar surface area (TPSA) is 115 Å². The van der Waals surface area contributed by atoms with E-state index < -0.39 is 47.7 Å². The van der Waals surface area contributed by atoms with Crippen LogP contribution in [0.5, 0.6) is 0 Å². The molecule has 2 aliphatic heterocycles. The fraction of sp³-hybridized carbons (Fsp3) is 0.897. The molecular formula is C29H48BN3O7. The Morgan fingerprint density at radius 2 is 1.77 bits per heavy atom. The first-order valence-corrected chi connectivity index (χ1v) is 15.1. The van der Waals surface area contributed by atoms with Crippen LogP contribution in [0.3, 0.4) is 0 Å². The maximum Gasteiger partial charge on any atom is 0.481 e. The quantitative estimate of drug-likeness (QED) is 0.460. The number of hydrogen-bond acceptors (Lipinski definition) is 7. The van der Waals surface area contributed by atoms with Crippen molar-refractivity contribution in [3.05, 3.63) is 0 Å². The van der Waals surface area contributed by atoms with Gasteiger partial charge in [-0.1, -0.05) is 27.7 Å². The van der Waals surface area contributed by atoms with Crippen molar-refractivity contribution in [2.45, 2.75) is 110 Å². The van der Waals surface area contributed by atoms with E-state index in [1.165, 1.54) is 0 Å². The Balaban J connectivity index is 1.34. The number of alkyl carbamates (subject to hydrolysis) is 1. The van der Waals surface area contributed by atoms with E-state index in [1.807, 2.05) is 0 Å². The van der Waals surface area contributed by atoms with Gasteiger partial charge in [0.05, 0.1) is 36.8 Å². The molecule has 4 aliphatic carbocycles. The molecule has 6 rings (SSSR count). The first-order chi connectivity index (χ1) is 18.6. The highest BCUT2D eigenvalue weighted by atomic mass is 16.7. The van der Waals surface area contributed by atoms with Crippen LogP contribution in [0.1, 0.15) is 81.1 Å². The minimum Gasteiger partial charge on any atom is -0.444 e. The van der Waals surface area contributed by atoms with E-state index in [0.717, 1.165) is 12.8 Å². The number of hydrogen-bond donors (Lipinski definition) is 2. The van der Waals surface area contributed by atoms with E-state index in [2.05, 4.69) is 45.3 Å². The molecule has 4 saturated carbocycles. The van der Waals surface area contributed by atoms with Gasteiger partial charge in [0, 0.05) is 13.1 Å². The third kappa shape index (κ3) is 5.26. The molecule has 224 valence electrons. The molecule has 1 unspecified atom stereocenters. The van der Waals surface area contributed by atoms with Gasteiger partial charge in [-0.15, -0.1) is 0 Å². The fourth-order valence-electron chi connectivity index (χ4n) is 7.61. The molecule has 2 saturated heterocycles. The number of morpholine rings is 1. The maximum atomic E-state index is 14.1. The summed E-state index contributed by atoms with van der Waals surface area (Å²) in [6.45, 7) is 18.2. The lowest BCUT2D eigenvalue weighted by Crippen LogP contribution is -2.65. The Labute approximate surface area is 239 Å². The van der Waals surface area contributed by atoms with E-state index in [9.17, 15) is 14.4 Å². The van der Waals surface area contributed by atoms with Crippen LogP contribution in [0.2, 0.25) is 0 Å². The minimum absolute atomic E-state index is 0.00809. The van der Waals surface area contributed by atoms with Crippen molar-refractivity contribution >= 4 is 25.0 Å². The van der Waals surface area contributed by atoms with Crippen LogP contribution in [-0.4, -0.2) is 85.0 Å². The van der Waals surface area contributed by atoms with Crippen molar-refractivity contribution < 1.29 is 33.2 Å². The molecule has 0 aromatic carbocycles. The van der Waals surface area contributed by atoms with Gasteiger partial charge in [-0.2, -0.15) is 0 Å². The Bertz CT molecular complexity index is 1030. The number of nitrogens with one attached hydrogen (secondary N) is 2. The Morgan fingerprint density at radius 3 is 2.38 bits per heavy atom. The van der Waals surface area contributed by atoms with Crippen molar-refractivity contribution in [3.8, 4) is 0 Å². The van der Waals surface area contributed by atoms with E-state index >= 15 is 0 Å². The molecule has 40 heavy (non-hydrogen) atoms. The summed E-state index contributed by atoms with van der Waals surface area (Å²) in [4.78, 5) is 42.1. The van der Waals surface area contributed by atoms with Crippen LogP contribution in [0.25, 0.3) is 0 Å². The van der Waals surface area contributed by atoms with Gasteiger partial charge < -0.3 is 34.3 Å². The number of carbonyl (C=O) groups excluding carboxylic acids is 3. The van der Waals surface area contributed by atoms with Crippen LogP contribution in [-0.2, 0) is 28.4 Å². The van der Waals surface area contributed by atoms with Crippen molar-refractivity contribution in [1.82, 2.24) is 15.5 Å². The molecule has 6 fully saturated rings. The zero-order valence-corrected chi connectivity index (χ0v) is 25.5. The van der Waals surface area contributed by atoms with Gasteiger partial charge >= 0.3 is 13.2 Å². The Hall–Kier alpha value is -1.85. The van der Waals surface area contributed by atoms with Crippen LogP contribution in [0.4, 0.5) is 4.79 Å². The van der Waals surface area contributed by atoms with Gasteiger partial charge in [0.2, 0.25) is 11.8 Å². The molecule has 11 heteroatoms. The van der Waals surface area contributed by atoms with Crippen LogP contribution >= 0.6 is 0 Å². The van der Waals surface area contributed by atoms with Gasteiger partial charge in [0.1, 0.15) is 11.1 Å². The lowest BCUT2D eigenvalue weighted by Gasteiger charge is -2.64. The molecule has 10 nitrogen and oxygen atoms in total. The molecule has 6 aliphatic rings. The lowest BCUT2D eigenvalue weighted by atomic mass is 9.43. The zero-order valence-electron chi connectivity index (χ0n) is 25.5. The summed E-state index contributed by atoms with van der Waals surface area (Å²) in [7, 11) is -0.595. The van der Waals surface area contributed by atoms with Gasteiger partial charge in [-0.25, -0.2) is 4.79 Å². The molecule has 2 heterocycles. The van der Waals surface area contributed by atoms with E-state index in [1.54, 1.807) is 25.7 Å². The molecule has 2 bridgehead atoms. The van der Waals surface area contributed by atoms with Gasteiger partial charge in [0.15, 0.2) is 0 Å². The highest BCUT2D eigenvalue weighted by molar-refractivity contribution is 6.48. The summed E-state index contributed by atoms with van der Waals surface area (Å²) < 4.78 is 24.1. The van der Waals surface area contributed by atoms with Crippen LogP contribution in [0.15, 0.2) is 0 Å². The second kappa shape index (κ2) is 10.2. The summed E-state index contributed by atoms with van der Waals surface area (Å²) in [5.74, 6) is -0.350. The molecule has 0 spiro atoms. The average molecular weight is 562 g/mol. The highest BCUT2D eigenvalue weighted by Crippen LogP contribution is 2.65. The summed E-state index contributed by atoms with van der Waals surface area (Å²) in [5, 5.41) is 5.96. The Morgan fingerprint density at radius 1 is 1.10 bits per heavy atom. The average Bonchev–Trinajstić information content (AvgIpc) is 3.45. The fourth-order valence-corrected chi connectivity index (χ4v) is 7.61. The highest BCUT2D eigenvalue weighted by Gasteiger charge is 2.70. The smallest absolute Gasteiger partial charge is 0.444 e. The van der Waals surface area contributed by atoms with Crippen molar-refractivity contribution in [2.75, 3.05) is 26.3 Å². The zero-order chi connectivity index (χ0) is 29.3. The maximum absolute atomic E-state index is 14.1.